The van der Waals surface area contributed by atoms with Gasteiger partial charge in [0, 0.05) is 29.6 Å². The highest BCUT2D eigenvalue weighted by molar-refractivity contribution is 5.78. The molecule has 2 aromatic carbocycles. The number of rotatable bonds is 6. The number of hydrogen-bond donors (Lipinski definition) is 3. The van der Waals surface area contributed by atoms with E-state index in [1.54, 1.807) is 6.07 Å². The summed E-state index contributed by atoms with van der Waals surface area (Å²) in [6.45, 7) is 5.64. The van der Waals surface area contributed by atoms with Crippen molar-refractivity contribution >= 4 is 34.5 Å². The zero-order valence-electron chi connectivity index (χ0n) is 15.4. The number of non-ortho nitro benzene ring substituents is 1. The number of hydrogen-bond acceptors (Lipinski definition) is 9. The second kappa shape index (κ2) is 7.06. The number of benzene rings is 1. The SMILES string of the molecule is CC(C)(C)Nc1c(Nc2ccnc(Nc3ccc([N+](=O)[O-])cc3)n2)c(=O)c1=O. The molecule has 144 valence electrons. The molecule has 0 radical (unpaired) electrons. The van der Waals surface area contributed by atoms with Gasteiger partial charge in [-0.3, -0.25) is 19.7 Å². The monoisotopic (exact) mass is 382 g/mol. The zero-order chi connectivity index (χ0) is 20.5. The van der Waals surface area contributed by atoms with Crippen LogP contribution in [0.3, 0.4) is 0 Å². The highest BCUT2D eigenvalue weighted by Gasteiger charge is 2.25. The molecule has 1 aromatic heterocycles. The van der Waals surface area contributed by atoms with Crippen LogP contribution in [0.5, 0.6) is 0 Å². The molecule has 0 amide bonds. The van der Waals surface area contributed by atoms with Gasteiger partial charge in [0.05, 0.1) is 4.92 Å². The Morgan fingerprint density at radius 3 is 2.21 bits per heavy atom. The average Bonchev–Trinajstić information content (AvgIpc) is 2.64. The number of anilines is 5. The van der Waals surface area contributed by atoms with Crippen LogP contribution in [0.2, 0.25) is 0 Å². The van der Waals surface area contributed by atoms with Crippen LogP contribution in [0.15, 0.2) is 46.1 Å². The lowest BCUT2D eigenvalue weighted by molar-refractivity contribution is -0.384. The highest BCUT2D eigenvalue weighted by atomic mass is 16.6. The second-order valence-corrected chi connectivity index (χ2v) is 7.10. The van der Waals surface area contributed by atoms with Gasteiger partial charge in [0.1, 0.15) is 17.2 Å². The van der Waals surface area contributed by atoms with Crippen molar-refractivity contribution in [3.05, 3.63) is 67.1 Å². The Hall–Kier alpha value is -3.82. The predicted octanol–water partition coefficient (Wildman–Crippen LogP) is 2.68. The molecule has 10 heteroatoms. The van der Waals surface area contributed by atoms with E-state index in [9.17, 15) is 19.7 Å². The number of nitrogens with zero attached hydrogens (tertiary/aromatic N) is 3. The van der Waals surface area contributed by atoms with E-state index in [0.717, 1.165) is 0 Å². The van der Waals surface area contributed by atoms with Gasteiger partial charge in [-0.1, -0.05) is 0 Å². The first kappa shape index (κ1) is 19.0. The summed E-state index contributed by atoms with van der Waals surface area (Å²) < 4.78 is 0. The van der Waals surface area contributed by atoms with Gasteiger partial charge in [-0.15, -0.1) is 0 Å². The lowest BCUT2D eigenvalue weighted by atomic mass is 10.1. The van der Waals surface area contributed by atoms with Crippen molar-refractivity contribution in [2.75, 3.05) is 16.0 Å². The van der Waals surface area contributed by atoms with Crippen LogP contribution in [-0.4, -0.2) is 20.4 Å². The van der Waals surface area contributed by atoms with Crippen molar-refractivity contribution in [1.82, 2.24) is 9.97 Å². The maximum Gasteiger partial charge on any atom is 0.269 e. The molecule has 0 aliphatic rings. The fraction of sp³-hybridized carbons (Fsp3) is 0.222. The van der Waals surface area contributed by atoms with Gasteiger partial charge < -0.3 is 16.0 Å². The van der Waals surface area contributed by atoms with E-state index in [1.807, 2.05) is 20.8 Å². The summed E-state index contributed by atoms with van der Waals surface area (Å²) in [4.78, 5) is 42.3. The van der Waals surface area contributed by atoms with E-state index >= 15 is 0 Å². The fourth-order valence-electron chi connectivity index (χ4n) is 2.42. The predicted molar refractivity (Wildman–Crippen MR) is 106 cm³/mol. The van der Waals surface area contributed by atoms with Gasteiger partial charge >= 0.3 is 0 Å². The molecule has 28 heavy (non-hydrogen) atoms. The minimum Gasteiger partial charge on any atom is -0.375 e. The number of aromatic nitrogens is 2. The van der Waals surface area contributed by atoms with Crippen LogP contribution in [0.1, 0.15) is 20.8 Å². The summed E-state index contributed by atoms with van der Waals surface area (Å²) in [5.74, 6) is 0.548. The summed E-state index contributed by atoms with van der Waals surface area (Å²) in [5, 5.41) is 19.5. The Morgan fingerprint density at radius 2 is 1.61 bits per heavy atom. The maximum atomic E-state index is 11.9. The first-order valence-corrected chi connectivity index (χ1v) is 8.37. The van der Waals surface area contributed by atoms with Gasteiger partial charge in [-0.2, -0.15) is 4.98 Å². The topological polar surface area (TPSA) is 139 Å². The number of nitro groups is 1. The summed E-state index contributed by atoms with van der Waals surface area (Å²) in [6.07, 6.45) is 1.48. The molecule has 1 heterocycles. The van der Waals surface area contributed by atoms with Crippen LogP contribution in [0.25, 0.3) is 0 Å². The molecule has 3 rings (SSSR count). The molecule has 0 aliphatic carbocycles. The molecule has 0 fully saturated rings. The second-order valence-electron chi connectivity index (χ2n) is 7.10. The van der Waals surface area contributed by atoms with Crippen LogP contribution in [-0.2, 0) is 0 Å². The molecular formula is C18H18N6O4. The van der Waals surface area contributed by atoms with Crippen LogP contribution >= 0.6 is 0 Å². The Morgan fingerprint density at radius 1 is 0.964 bits per heavy atom. The molecule has 0 unspecified atom stereocenters. The quantitative estimate of drug-likeness (QED) is 0.333. The standard InChI is InChI=1S/C18H18N6O4/c1-18(2,3)23-14-13(15(25)16(14)26)21-12-8-9-19-17(22-12)20-10-4-6-11(7-5-10)24(27)28/h4-9,23H,1-3H3,(H2,19,20,21,22). The molecular weight excluding hydrogens is 364 g/mol. The Labute approximate surface area is 159 Å². The third-order valence-corrected chi connectivity index (χ3v) is 3.65. The van der Waals surface area contributed by atoms with E-state index in [4.69, 9.17) is 0 Å². The molecule has 3 aromatic rings. The summed E-state index contributed by atoms with van der Waals surface area (Å²) in [6, 6.07) is 7.34. The number of nitrogens with one attached hydrogen (secondary N) is 3. The smallest absolute Gasteiger partial charge is 0.269 e. The minimum atomic E-state index is -0.616. The van der Waals surface area contributed by atoms with E-state index in [2.05, 4.69) is 25.9 Å². The first-order chi connectivity index (χ1) is 13.1. The Kier molecular flexibility index (Phi) is 4.78. The average molecular weight is 382 g/mol. The normalized spacial score (nSPS) is 11.2. The molecule has 0 atom stereocenters. The summed E-state index contributed by atoms with van der Waals surface area (Å²) in [5.41, 5.74) is -0.660. The van der Waals surface area contributed by atoms with E-state index in [-0.39, 0.29) is 28.5 Å². The molecule has 0 saturated carbocycles. The Bertz CT molecular complexity index is 1090. The third kappa shape index (κ3) is 4.11. The van der Waals surface area contributed by atoms with E-state index < -0.39 is 15.8 Å². The summed E-state index contributed by atoms with van der Waals surface area (Å²) in [7, 11) is 0. The van der Waals surface area contributed by atoms with Crippen molar-refractivity contribution in [2.24, 2.45) is 0 Å². The third-order valence-electron chi connectivity index (χ3n) is 3.65. The maximum absolute atomic E-state index is 11.9. The largest absolute Gasteiger partial charge is 0.375 e. The zero-order valence-corrected chi connectivity index (χ0v) is 15.4. The van der Waals surface area contributed by atoms with E-state index in [0.29, 0.717) is 11.5 Å². The number of nitro benzene ring substituents is 1. The van der Waals surface area contributed by atoms with Crippen molar-refractivity contribution in [3.8, 4) is 0 Å². The van der Waals surface area contributed by atoms with Gasteiger partial charge in [0.15, 0.2) is 0 Å². The van der Waals surface area contributed by atoms with Crippen LogP contribution in [0, 0.1) is 10.1 Å². The van der Waals surface area contributed by atoms with E-state index in [1.165, 1.54) is 30.5 Å². The van der Waals surface area contributed by atoms with Gasteiger partial charge in [0.2, 0.25) is 5.95 Å². The molecule has 0 bridgehead atoms. The van der Waals surface area contributed by atoms with Crippen molar-refractivity contribution in [2.45, 2.75) is 26.3 Å². The molecule has 0 saturated heterocycles. The molecule has 10 nitrogen and oxygen atoms in total. The van der Waals surface area contributed by atoms with Crippen LogP contribution in [0.4, 0.5) is 34.5 Å². The Balaban J connectivity index is 1.78. The van der Waals surface area contributed by atoms with Crippen molar-refractivity contribution in [3.63, 3.8) is 0 Å². The van der Waals surface area contributed by atoms with Crippen LogP contribution < -0.4 is 26.8 Å². The van der Waals surface area contributed by atoms with Gasteiger partial charge in [-0.05, 0) is 39.0 Å². The fourth-order valence-corrected chi connectivity index (χ4v) is 2.42. The van der Waals surface area contributed by atoms with Gasteiger partial charge in [0.25, 0.3) is 16.5 Å². The molecule has 3 N–H and O–H groups in total. The van der Waals surface area contributed by atoms with Crippen molar-refractivity contribution < 1.29 is 4.92 Å². The lowest BCUT2D eigenvalue weighted by Gasteiger charge is -2.24. The molecule has 0 spiro atoms. The minimum absolute atomic E-state index is 0.0270. The summed E-state index contributed by atoms with van der Waals surface area (Å²) >= 11 is 0. The highest BCUT2D eigenvalue weighted by Crippen LogP contribution is 2.23. The first-order valence-electron chi connectivity index (χ1n) is 8.37. The molecule has 0 aliphatic heterocycles. The lowest BCUT2D eigenvalue weighted by Crippen LogP contribution is -2.41. The van der Waals surface area contributed by atoms with Crippen molar-refractivity contribution in [1.29, 1.82) is 0 Å². The van der Waals surface area contributed by atoms with Gasteiger partial charge in [-0.25, -0.2) is 4.98 Å².